The first kappa shape index (κ1) is 14.9. The van der Waals surface area contributed by atoms with Crippen molar-refractivity contribution in [2.75, 3.05) is 5.32 Å². The molecule has 0 amide bonds. The van der Waals surface area contributed by atoms with Crippen molar-refractivity contribution in [3.8, 4) is 0 Å². The number of fused-ring (bicyclic) bond motifs is 2. The van der Waals surface area contributed by atoms with Crippen LogP contribution in [-0.4, -0.2) is 6.18 Å². The van der Waals surface area contributed by atoms with Gasteiger partial charge >= 0.3 is 6.18 Å². The van der Waals surface area contributed by atoms with Gasteiger partial charge in [0.1, 0.15) is 0 Å². The van der Waals surface area contributed by atoms with E-state index in [4.69, 9.17) is 0 Å². The highest BCUT2D eigenvalue weighted by Gasteiger charge is 2.33. The summed E-state index contributed by atoms with van der Waals surface area (Å²) in [6.45, 7) is 6.21. The van der Waals surface area contributed by atoms with E-state index >= 15 is 0 Å². The fraction of sp³-hybridized carbons (Fsp3) is 0.333. The number of alkyl halides is 3. The van der Waals surface area contributed by atoms with Crippen LogP contribution in [0.4, 0.5) is 24.5 Å². The van der Waals surface area contributed by atoms with Crippen molar-refractivity contribution in [2.24, 2.45) is 0 Å². The van der Waals surface area contributed by atoms with E-state index in [0.717, 1.165) is 28.1 Å². The van der Waals surface area contributed by atoms with Gasteiger partial charge in [0, 0.05) is 16.8 Å². The summed E-state index contributed by atoms with van der Waals surface area (Å²) in [5.74, 6) is 0. The molecule has 1 heterocycles. The molecule has 0 fully saturated rings. The van der Waals surface area contributed by atoms with E-state index in [-0.39, 0.29) is 11.0 Å². The fourth-order valence-electron chi connectivity index (χ4n) is 3.18. The van der Waals surface area contributed by atoms with Crippen LogP contribution in [-0.2, 0) is 11.8 Å². The van der Waals surface area contributed by atoms with Crippen LogP contribution < -0.4 is 5.32 Å². The molecular weight excluding hydrogens is 287 g/mol. The van der Waals surface area contributed by atoms with Crippen LogP contribution in [0.1, 0.15) is 36.1 Å². The molecule has 0 radical (unpaired) electrons. The lowest BCUT2D eigenvalue weighted by molar-refractivity contribution is -0.127. The van der Waals surface area contributed by atoms with Crippen LogP contribution in [0.3, 0.4) is 0 Å². The van der Waals surface area contributed by atoms with E-state index in [0.29, 0.717) is 0 Å². The van der Waals surface area contributed by atoms with Crippen LogP contribution in [0, 0.1) is 6.92 Å². The normalized spacial score (nSPS) is 15.7. The summed E-state index contributed by atoms with van der Waals surface area (Å²) < 4.78 is 37.8. The molecule has 0 saturated heterocycles. The van der Waals surface area contributed by atoms with Crippen molar-refractivity contribution >= 4 is 11.4 Å². The number of benzene rings is 2. The van der Waals surface area contributed by atoms with E-state index in [1.807, 2.05) is 19.1 Å². The third kappa shape index (κ3) is 2.58. The van der Waals surface area contributed by atoms with Gasteiger partial charge in [-0.3, -0.25) is 0 Å². The molecule has 2 aromatic carbocycles. The number of aryl methyl sites for hydroxylation is 1. The summed E-state index contributed by atoms with van der Waals surface area (Å²) in [6.07, 6.45) is -5.09. The number of rotatable bonds is 1. The molecule has 0 saturated carbocycles. The quantitative estimate of drug-likeness (QED) is 0.735. The Morgan fingerprint density at radius 3 is 2.18 bits per heavy atom. The summed E-state index contributed by atoms with van der Waals surface area (Å²) in [6, 6.07) is 11.2. The second-order valence-electron chi connectivity index (χ2n) is 6.47. The van der Waals surface area contributed by atoms with E-state index < -0.39 is 12.6 Å². The first-order valence-corrected chi connectivity index (χ1v) is 7.25. The summed E-state index contributed by atoms with van der Waals surface area (Å²) >= 11 is 0. The summed E-state index contributed by atoms with van der Waals surface area (Å²) in [5.41, 5.74) is 5.10. The van der Waals surface area contributed by atoms with Gasteiger partial charge in [0.15, 0.2) is 0 Å². The number of anilines is 2. The zero-order valence-corrected chi connectivity index (χ0v) is 12.8. The largest absolute Gasteiger partial charge is 0.393 e. The third-order valence-corrected chi connectivity index (χ3v) is 4.28. The van der Waals surface area contributed by atoms with Crippen molar-refractivity contribution in [3.63, 3.8) is 0 Å². The van der Waals surface area contributed by atoms with E-state index in [1.54, 1.807) is 12.1 Å². The third-order valence-electron chi connectivity index (χ3n) is 4.28. The maximum absolute atomic E-state index is 12.6. The topological polar surface area (TPSA) is 12.0 Å². The Balaban J connectivity index is 2.07. The number of halogens is 3. The molecule has 0 atom stereocenters. The molecule has 3 rings (SSSR count). The van der Waals surface area contributed by atoms with Crippen LogP contribution in [0.5, 0.6) is 0 Å². The van der Waals surface area contributed by atoms with Gasteiger partial charge in [0.2, 0.25) is 0 Å². The van der Waals surface area contributed by atoms with Crippen LogP contribution in [0.25, 0.3) is 0 Å². The standard InChI is InChI=1S/C18H18F3N/c1-11-4-6-13-15(8-11)22-16-9-12(10-18(19,20)21)5-7-14(16)17(13,2)3/h4-9,22H,10H2,1-3H3. The minimum atomic E-state index is -4.19. The van der Waals surface area contributed by atoms with Gasteiger partial charge in [-0.2, -0.15) is 13.2 Å². The van der Waals surface area contributed by atoms with E-state index in [2.05, 4.69) is 31.3 Å². The smallest absolute Gasteiger partial charge is 0.355 e. The van der Waals surface area contributed by atoms with Crippen molar-refractivity contribution in [3.05, 3.63) is 58.7 Å². The summed E-state index contributed by atoms with van der Waals surface area (Å²) in [7, 11) is 0. The molecule has 0 unspecified atom stereocenters. The van der Waals surface area contributed by atoms with Crippen molar-refractivity contribution in [1.29, 1.82) is 0 Å². The molecule has 1 N–H and O–H groups in total. The van der Waals surface area contributed by atoms with Gasteiger partial charge in [0.05, 0.1) is 6.42 Å². The minimum Gasteiger partial charge on any atom is -0.355 e. The van der Waals surface area contributed by atoms with E-state index in [9.17, 15) is 13.2 Å². The molecule has 0 aromatic heterocycles. The molecule has 1 aliphatic rings. The Morgan fingerprint density at radius 2 is 1.55 bits per heavy atom. The summed E-state index contributed by atoms with van der Waals surface area (Å²) in [4.78, 5) is 0. The molecular formula is C18H18F3N. The van der Waals surface area contributed by atoms with Crippen molar-refractivity contribution < 1.29 is 13.2 Å². The molecule has 4 heteroatoms. The highest BCUT2D eigenvalue weighted by molar-refractivity contribution is 5.76. The average molecular weight is 305 g/mol. The lowest BCUT2D eigenvalue weighted by Gasteiger charge is -2.36. The zero-order valence-electron chi connectivity index (χ0n) is 12.8. The second kappa shape index (κ2) is 4.77. The van der Waals surface area contributed by atoms with Crippen LogP contribution in [0.2, 0.25) is 0 Å². The van der Waals surface area contributed by atoms with Gasteiger partial charge in [0.25, 0.3) is 0 Å². The average Bonchev–Trinajstić information content (AvgIpc) is 2.35. The summed E-state index contributed by atoms with van der Waals surface area (Å²) in [5, 5.41) is 3.30. The monoisotopic (exact) mass is 305 g/mol. The maximum atomic E-state index is 12.6. The lowest BCUT2D eigenvalue weighted by atomic mass is 9.74. The molecule has 0 aliphatic carbocycles. The molecule has 0 spiro atoms. The molecule has 22 heavy (non-hydrogen) atoms. The van der Waals surface area contributed by atoms with Crippen molar-refractivity contribution in [1.82, 2.24) is 0 Å². The Morgan fingerprint density at radius 1 is 0.955 bits per heavy atom. The highest BCUT2D eigenvalue weighted by atomic mass is 19.4. The van der Waals surface area contributed by atoms with Gasteiger partial charge in [-0.05, 0) is 41.3 Å². The number of hydrogen-bond donors (Lipinski definition) is 1. The van der Waals surface area contributed by atoms with Crippen molar-refractivity contribution in [2.45, 2.75) is 38.8 Å². The number of nitrogens with one attached hydrogen (secondary N) is 1. The zero-order chi connectivity index (χ0) is 16.1. The van der Waals surface area contributed by atoms with E-state index in [1.165, 1.54) is 0 Å². The molecule has 116 valence electrons. The SMILES string of the molecule is Cc1ccc2c(c1)Nc1cc(CC(F)(F)F)ccc1C2(C)C. The van der Waals surface area contributed by atoms with Crippen LogP contribution in [0.15, 0.2) is 36.4 Å². The molecule has 2 aromatic rings. The maximum Gasteiger partial charge on any atom is 0.393 e. The number of hydrogen-bond acceptors (Lipinski definition) is 1. The first-order chi connectivity index (χ1) is 10.2. The van der Waals surface area contributed by atoms with Gasteiger partial charge < -0.3 is 5.32 Å². The minimum absolute atomic E-state index is 0.236. The first-order valence-electron chi connectivity index (χ1n) is 7.25. The van der Waals surface area contributed by atoms with Gasteiger partial charge in [-0.15, -0.1) is 0 Å². The molecule has 1 nitrogen and oxygen atoms in total. The van der Waals surface area contributed by atoms with Gasteiger partial charge in [-0.25, -0.2) is 0 Å². The Bertz CT molecular complexity index is 730. The predicted molar refractivity (Wildman–Crippen MR) is 82.8 cm³/mol. The predicted octanol–water partition coefficient (Wildman–Crippen LogP) is 5.48. The molecule has 0 bridgehead atoms. The van der Waals surface area contributed by atoms with Crippen LogP contribution >= 0.6 is 0 Å². The fourth-order valence-corrected chi connectivity index (χ4v) is 3.18. The Kier molecular flexibility index (Phi) is 3.24. The second-order valence-corrected chi connectivity index (χ2v) is 6.47. The molecule has 1 aliphatic heterocycles. The lowest BCUT2D eigenvalue weighted by Crippen LogP contribution is -2.26. The Labute approximate surface area is 128 Å². The van der Waals surface area contributed by atoms with Gasteiger partial charge in [-0.1, -0.05) is 38.1 Å². The Hall–Kier alpha value is -1.97. The highest BCUT2D eigenvalue weighted by Crippen LogP contribution is 2.45.